The molecule has 0 heterocycles. The highest BCUT2D eigenvalue weighted by Crippen LogP contribution is 1.90. The highest BCUT2D eigenvalue weighted by Gasteiger charge is 1.83. The number of ketones is 1. The number of hydrogen-bond donors (Lipinski definition) is 0. The van der Waals surface area contributed by atoms with Crippen molar-refractivity contribution in [3.8, 4) is 0 Å². The molecule has 0 N–H and O–H groups in total. The van der Waals surface area contributed by atoms with Gasteiger partial charge in [-0.15, -0.1) is 0 Å². The SMILES string of the molecule is [CH2]C(=O)C/C=C/CCC. The molecule has 0 amide bonds. The number of rotatable bonds is 4. The maximum absolute atomic E-state index is 10.2. The third-order valence-electron chi connectivity index (χ3n) is 0.968. The van der Waals surface area contributed by atoms with Crippen LogP contribution in [0, 0.1) is 6.92 Å². The summed E-state index contributed by atoms with van der Waals surface area (Å²) in [5.41, 5.74) is 0. The van der Waals surface area contributed by atoms with Gasteiger partial charge < -0.3 is 0 Å². The molecule has 0 atom stereocenters. The second-order valence-electron chi connectivity index (χ2n) is 2.00. The van der Waals surface area contributed by atoms with Crippen LogP contribution in [0.4, 0.5) is 0 Å². The lowest BCUT2D eigenvalue weighted by atomic mass is 10.2. The molecule has 0 unspecified atom stereocenters. The van der Waals surface area contributed by atoms with Crippen molar-refractivity contribution in [2.45, 2.75) is 26.2 Å². The molecule has 51 valence electrons. The molecule has 0 aromatic rings. The minimum atomic E-state index is -0.0117. The molecule has 0 aromatic heterocycles. The molecule has 0 saturated heterocycles. The zero-order chi connectivity index (χ0) is 7.11. The first-order valence-electron chi connectivity index (χ1n) is 3.27. The van der Waals surface area contributed by atoms with Gasteiger partial charge >= 0.3 is 0 Å². The van der Waals surface area contributed by atoms with Crippen LogP contribution in [0.15, 0.2) is 12.2 Å². The summed E-state index contributed by atoms with van der Waals surface area (Å²) in [6.45, 7) is 5.35. The zero-order valence-electron chi connectivity index (χ0n) is 5.89. The first-order valence-corrected chi connectivity index (χ1v) is 3.27. The van der Waals surface area contributed by atoms with E-state index in [0.717, 1.165) is 12.8 Å². The molecule has 1 heteroatoms. The van der Waals surface area contributed by atoms with Crippen LogP contribution in [-0.4, -0.2) is 5.78 Å². The van der Waals surface area contributed by atoms with Crippen LogP contribution in [0.2, 0.25) is 0 Å². The number of allylic oxidation sites excluding steroid dienone is 2. The molecule has 0 saturated carbocycles. The monoisotopic (exact) mass is 125 g/mol. The second kappa shape index (κ2) is 5.54. The molecule has 1 radical (unpaired) electrons. The van der Waals surface area contributed by atoms with Crippen LogP contribution in [0.5, 0.6) is 0 Å². The largest absolute Gasteiger partial charge is 0.299 e. The van der Waals surface area contributed by atoms with Crippen molar-refractivity contribution >= 4 is 5.78 Å². The number of hydrogen-bond acceptors (Lipinski definition) is 1. The molecule has 0 fully saturated rings. The van der Waals surface area contributed by atoms with Crippen molar-refractivity contribution in [2.24, 2.45) is 0 Å². The van der Waals surface area contributed by atoms with Crippen molar-refractivity contribution < 1.29 is 4.79 Å². The Kier molecular flexibility index (Phi) is 5.18. The van der Waals surface area contributed by atoms with Gasteiger partial charge in [0.1, 0.15) is 5.78 Å². The lowest BCUT2D eigenvalue weighted by Crippen LogP contribution is -1.84. The van der Waals surface area contributed by atoms with Gasteiger partial charge in [-0.25, -0.2) is 0 Å². The van der Waals surface area contributed by atoms with Crippen LogP contribution >= 0.6 is 0 Å². The molecule has 0 aromatic carbocycles. The molecular weight excluding hydrogens is 112 g/mol. The fraction of sp³-hybridized carbons (Fsp3) is 0.500. The Morgan fingerprint density at radius 3 is 2.67 bits per heavy atom. The first-order chi connectivity index (χ1) is 4.27. The summed E-state index contributed by atoms with van der Waals surface area (Å²) >= 11 is 0. The highest BCUT2D eigenvalue weighted by molar-refractivity contribution is 5.83. The van der Waals surface area contributed by atoms with Gasteiger partial charge in [-0.1, -0.05) is 25.5 Å². The quantitative estimate of drug-likeness (QED) is 0.526. The lowest BCUT2D eigenvalue weighted by Gasteiger charge is -1.83. The summed E-state index contributed by atoms with van der Waals surface area (Å²) < 4.78 is 0. The van der Waals surface area contributed by atoms with Gasteiger partial charge in [0.25, 0.3) is 0 Å². The van der Waals surface area contributed by atoms with E-state index >= 15 is 0 Å². The summed E-state index contributed by atoms with van der Waals surface area (Å²) in [6.07, 6.45) is 6.58. The molecule has 0 rings (SSSR count). The lowest BCUT2D eigenvalue weighted by molar-refractivity contribution is -0.114. The Labute approximate surface area is 56.8 Å². The predicted octanol–water partition coefficient (Wildman–Crippen LogP) is 2.14. The molecule has 0 bridgehead atoms. The van der Waals surface area contributed by atoms with Crippen LogP contribution in [0.25, 0.3) is 0 Å². The smallest absolute Gasteiger partial charge is 0.137 e. The van der Waals surface area contributed by atoms with Gasteiger partial charge in [-0.3, -0.25) is 4.79 Å². The molecule has 1 nitrogen and oxygen atoms in total. The van der Waals surface area contributed by atoms with Gasteiger partial charge in [0.05, 0.1) is 0 Å². The second-order valence-corrected chi connectivity index (χ2v) is 2.00. The topological polar surface area (TPSA) is 17.1 Å². The number of carbonyl (C=O) groups excluding carboxylic acids is 1. The van der Waals surface area contributed by atoms with E-state index in [-0.39, 0.29) is 5.78 Å². The van der Waals surface area contributed by atoms with Gasteiger partial charge in [-0.2, -0.15) is 0 Å². The Balaban J connectivity index is 3.14. The van der Waals surface area contributed by atoms with Crippen molar-refractivity contribution in [1.29, 1.82) is 0 Å². The minimum Gasteiger partial charge on any atom is -0.299 e. The molecule has 0 spiro atoms. The minimum absolute atomic E-state index is 0.0117. The van der Waals surface area contributed by atoms with E-state index in [4.69, 9.17) is 0 Å². The van der Waals surface area contributed by atoms with Crippen molar-refractivity contribution in [2.75, 3.05) is 0 Å². The average molecular weight is 125 g/mol. The Morgan fingerprint density at radius 1 is 1.56 bits per heavy atom. The van der Waals surface area contributed by atoms with E-state index in [1.807, 2.05) is 12.2 Å². The van der Waals surface area contributed by atoms with E-state index in [9.17, 15) is 4.79 Å². The van der Waals surface area contributed by atoms with Gasteiger partial charge in [0.2, 0.25) is 0 Å². The van der Waals surface area contributed by atoms with Crippen molar-refractivity contribution in [3.63, 3.8) is 0 Å². The Morgan fingerprint density at radius 2 is 2.22 bits per heavy atom. The van der Waals surface area contributed by atoms with E-state index in [0.29, 0.717) is 6.42 Å². The molecule has 0 aliphatic rings. The maximum Gasteiger partial charge on any atom is 0.137 e. The normalized spacial score (nSPS) is 10.4. The Bertz CT molecular complexity index is 103. The van der Waals surface area contributed by atoms with Crippen LogP contribution < -0.4 is 0 Å². The van der Waals surface area contributed by atoms with E-state index in [1.54, 1.807) is 0 Å². The standard InChI is InChI=1S/C8H13O/c1-3-4-5-6-7-8(2)9/h5-6H,2-4,7H2,1H3/b6-5+. The van der Waals surface area contributed by atoms with Gasteiger partial charge in [0, 0.05) is 13.3 Å². The molecular formula is C8H13O. The summed E-state index contributed by atoms with van der Waals surface area (Å²) in [5.74, 6) is -0.0117. The summed E-state index contributed by atoms with van der Waals surface area (Å²) in [7, 11) is 0. The zero-order valence-corrected chi connectivity index (χ0v) is 5.89. The Hall–Kier alpha value is -0.590. The van der Waals surface area contributed by atoms with E-state index in [1.165, 1.54) is 0 Å². The maximum atomic E-state index is 10.2. The average Bonchev–Trinajstić information content (AvgIpc) is 1.80. The predicted molar refractivity (Wildman–Crippen MR) is 39.0 cm³/mol. The summed E-state index contributed by atoms with van der Waals surface area (Å²) in [6, 6.07) is 0. The number of Topliss-reactive ketones (excluding diaryl/α,β-unsaturated/α-hetero) is 1. The summed E-state index contributed by atoms with van der Waals surface area (Å²) in [4.78, 5) is 10.2. The van der Waals surface area contributed by atoms with Crippen LogP contribution in [0.3, 0.4) is 0 Å². The molecule has 9 heavy (non-hydrogen) atoms. The molecule has 0 aliphatic heterocycles. The fourth-order valence-electron chi connectivity index (χ4n) is 0.499. The van der Waals surface area contributed by atoms with E-state index in [2.05, 4.69) is 13.8 Å². The van der Waals surface area contributed by atoms with E-state index < -0.39 is 0 Å². The molecule has 0 aliphatic carbocycles. The third-order valence-corrected chi connectivity index (χ3v) is 0.968. The fourth-order valence-corrected chi connectivity index (χ4v) is 0.499. The van der Waals surface area contributed by atoms with Gasteiger partial charge in [-0.05, 0) is 6.42 Å². The first kappa shape index (κ1) is 8.41. The van der Waals surface area contributed by atoms with Crippen molar-refractivity contribution in [3.05, 3.63) is 19.1 Å². The number of unbranched alkanes of at least 4 members (excludes halogenated alkanes) is 1. The third kappa shape index (κ3) is 7.41. The van der Waals surface area contributed by atoms with Crippen LogP contribution in [-0.2, 0) is 4.79 Å². The summed E-state index contributed by atoms with van der Waals surface area (Å²) in [5, 5.41) is 0. The van der Waals surface area contributed by atoms with Crippen molar-refractivity contribution in [1.82, 2.24) is 0 Å². The van der Waals surface area contributed by atoms with Crippen LogP contribution in [0.1, 0.15) is 26.2 Å². The van der Waals surface area contributed by atoms with Gasteiger partial charge in [0.15, 0.2) is 0 Å². The highest BCUT2D eigenvalue weighted by atomic mass is 16.1. The number of carbonyl (C=O) groups is 1.